The van der Waals surface area contributed by atoms with E-state index in [9.17, 15) is 14.7 Å². The molecule has 6 heteroatoms. The number of rotatable bonds is 3. The number of aliphatic hydroxyl groups is 1. The first-order chi connectivity index (χ1) is 11.9. The molecule has 1 atom stereocenters. The smallest absolute Gasteiger partial charge is 0.335 e. The first-order valence-electron chi connectivity index (χ1n) is 8.85. The zero-order valence-electron chi connectivity index (χ0n) is 14.6. The Hall–Kier alpha value is -1.92. The normalized spacial score (nSPS) is 23.6. The van der Waals surface area contributed by atoms with E-state index in [1.807, 2.05) is 12.1 Å². The number of amides is 1. The number of carbonyl (C=O) groups is 2. The number of hydrogen-bond acceptors (Lipinski definition) is 4. The third-order valence-electron chi connectivity index (χ3n) is 5.60. The van der Waals surface area contributed by atoms with Gasteiger partial charge in [0.2, 0.25) is 5.91 Å². The van der Waals surface area contributed by atoms with Gasteiger partial charge in [-0.25, -0.2) is 4.79 Å². The number of likely N-dealkylation sites (tertiary alicyclic amines) is 2. The molecule has 2 fully saturated rings. The number of piperidine rings is 2. The number of carboxylic acids is 1. The number of hydrogen-bond donors (Lipinski definition) is 2. The van der Waals surface area contributed by atoms with E-state index in [1.54, 1.807) is 24.0 Å². The van der Waals surface area contributed by atoms with Gasteiger partial charge in [-0.2, -0.15) is 0 Å². The average molecular weight is 346 g/mol. The van der Waals surface area contributed by atoms with E-state index in [1.165, 1.54) is 0 Å². The lowest BCUT2D eigenvalue weighted by molar-refractivity contribution is -0.138. The minimum Gasteiger partial charge on any atom is -0.478 e. The standard InChI is InChI=1S/C19H26N2O4/c1-14(22)21-12-17(23)10-19(13-21)6-8-20(9-7-19)11-15-2-4-16(5-3-15)18(24)25/h2-5,17,23H,6-13H2,1H3,(H,24,25). The molecule has 1 aromatic rings. The van der Waals surface area contributed by atoms with Gasteiger partial charge in [-0.3, -0.25) is 9.69 Å². The van der Waals surface area contributed by atoms with Gasteiger partial charge >= 0.3 is 5.97 Å². The van der Waals surface area contributed by atoms with Crippen LogP contribution in [0.15, 0.2) is 24.3 Å². The fourth-order valence-electron chi connectivity index (χ4n) is 4.15. The average Bonchev–Trinajstić information content (AvgIpc) is 2.57. The van der Waals surface area contributed by atoms with Crippen LogP contribution < -0.4 is 0 Å². The van der Waals surface area contributed by atoms with Crippen molar-refractivity contribution in [3.8, 4) is 0 Å². The van der Waals surface area contributed by atoms with Crippen molar-refractivity contribution in [2.24, 2.45) is 5.41 Å². The zero-order chi connectivity index (χ0) is 18.0. The molecule has 2 aliphatic heterocycles. The van der Waals surface area contributed by atoms with Gasteiger partial charge in [-0.05, 0) is 55.5 Å². The predicted octanol–water partition coefficient (Wildman–Crippen LogP) is 1.58. The number of nitrogens with zero attached hydrogens (tertiary/aromatic N) is 2. The van der Waals surface area contributed by atoms with Gasteiger partial charge in [0.25, 0.3) is 0 Å². The van der Waals surface area contributed by atoms with E-state index in [4.69, 9.17) is 5.11 Å². The van der Waals surface area contributed by atoms with Crippen LogP contribution >= 0.6 is 0 Å². The lowest BCUT2D eigenvalue weighted by Gasteiger charge is -2.49. The van der Waals surface area contributed by atoms with Crippen LogP contribution in [-0.2, 0) is 11.3 Å². The van der Waals surface area contributed by atoms with Gasteiger partial charge in [0.1, 0.15) is 0 Å². The van der Waals surface area contributed by atoms with Crippen molar-refractivity contribution in [3.05, 3.63) is 35.4 Å². The van der Waals surface area contributed by atoms with E-state index in [0.29, 0.717) is 12.1 Å². The molecular weight excluding hydrogens is 320 g/mol. The van der Waals surface area contributed by atoms with Crippen molar-refractivity contribution in [1.82, 2.24) is 9.80 Å². The Labute approximate surface area is 148 Å². The van der Waals surface area contributed by atoms with Crippen LogP contribution in [0.1, 0.15) is 42.1 Å². The Morgan fingerprint density at radius 1 is 1.20 bits per heavy atom. The van der Waals surface area contributed by atoms with Crippen LogP contribution in [0.3, 0.4) is 0 Å². The van der Waals surface area contributed by atoms with Gasteiger partial charge in [0.05, 0.1) is 11.7 Å². The van der Waals surface area contributed by atoms with Gasteiger partial charge in [0.15, 0.2) is 0 Å². The number of carboxylic acid groups (broad SMARTS) is 1. The predicted molar refractivity (Wildman–Crippen MR) is 93.2 cm³/mol. The molecule has 2 N–H and O–H groups in total. The van der Waals surface area contributed by atoms with Crippen molar-refractivity contribution in [2.45, 2.75) is 38.8 Å². The molecule has 0 saturated carbocycles. The second kappa shape index (κ2) is 7.14. The molecule has 2 saturated heterocycles. The van der Waals surface area contributed by atoms with Crippen LogP contribution in [0.25, 0.3) is 0 Å². The molecule has 0 aliphatic carbocycles. The summed E-state index contributed by atoms with van der Waals surface area (Å²) in [5.74, 6) is -0.864. The second-order valence-corrected chi connectivity index (χ2v) is 7.54. The maximum absolute atomic E-state index is 11.7. The molecule has 2 aliphatic rings. The lowest BCUT2D eigenvalue weighted by atomic mass is 9.71. The largest absolute Gasteiger partial charge is 0.478 e. The topological polar surface area (TPSA) is 81.1 Å². The summed E-state index contributed by atoms with van der Waals surface area (Å²) in [4.78, 5) is 26.8. The number of carbonyl (C=O) groups excluding carboxylic acids is 1. The number of benzene rings is 1. The zero-order valence-corrected chi connectivity index (χ0v) is 14.6. The maximum Gasteiger partial charge on any atom is 0.335 e. The molecule has 6 nitrogen and oxygen atoms in total. The first kappa shape index (κ1) is 17.9. The molecule has 0 radical (unpaired) electrons. The number of aliphatic hydroxyl groups excluding tert-OH is 1. The van der Waals surface area contributed by atoms with Crippen molar-refractivity contribution >= 4 is 11.9 Å². The van der Waals surface area contributed by atoms with Crippen LogP contribution in [0.2, 0.25) is 0 Å². The maximum atomic E-state index is 11.7. The second-order valence-electron chi connectivity index (χ2n) is 7.54. The summed E-state index contributed by atoms with van der Waals surface area (Å²) in [6.45, 7) is 5.44. The molecular formula is C19H26N2O4. The minimum atomic E-state index is -0.905. The Balaban J connectivity index is 1.58. The van der Waals surface area contributed by atoms with Crippen molar-refractivity contribution in [3.63, 3.8) is 0 Å². The summed E-state index contributed by atoms with van der Waals surface area (Å²) < 4.78 is 0. The van der Waals surface area contributed by atoms with E-state index < -0.39 is 12.1 Å². The monoisotopic (exact) mass is 346 g/mol. The molecule has 0 bridgehead atoms. The van der Waals surface area contributed by atoms with Gasteiger partial charge < -0.3 is 15.1 Å². The van der Waals surface area contributed by atoms with Crippen LogP contribution in [-0.4, -0.2) is 64.2 Å². The molecule has 136 valence electrons. The fourth-order valence-corrected chi connectivity index (χ4v) is 4.15. The molecule has 1 amide bonds. The van der Waals surface area contributed by atoms with Crippen LogP contribution in [0.4, 0.5) is 0 Å². The molecule has 1 unspecified atom stereocenters. The number of β-amino-alcohol motifs (C(OH)–C–C–N with tert-alkyl or cyclic N) is 1. The quantitative estimate of drug-likeness (QED) is 0.868. The lowest BCUT2D eigenvalue weighted by Crippen LogP contribution is -2.54. The highest BCUT2D eigenvalue weighted by Gasteiger charge is 2.42. The van der Waals surface area contributed by atoms with Crippen molar-refractivity contribution in [1.29, 1.82) is 0 Å². The highest BCUT2D eigenvalue weighted by atomic mass is 16.4. The highest BCUT2D eigenvalue weighted by molar-refractivity contribution is 5.87. The van der Waals surface area contributed by atoms with E-state index in [2.05, 4.69) is 4.90 Å². The molecule has 2 heterocycles. The molecule has 3 rings (SSSR count). The molecule has 0 aromatic heterocycles. The Bertz CT molecular complexity index is 635. The molecule has 25 heavy (non-hydrogen) atoms. The summed E-state index contributed by atoms with van der Waals surface area (Å²) in [6, 6.07) is 7.03. The van der Waals surface area contributed by atoms with Gasteiger partial charge in [0, 0.05) is 26.6 Å². The van der Waals surface area contributed by atoms with Crippen LogP contribution in [0.5, 0.6) is 0 Å². The Kier molecular flexibility index (Phi) is 5.11. The van der Waals surface area contributed by atoms with E-state index in [-0.39, 0.29) is 11.3 Å². The Morgan fingerprint density at radius 2 is 1.84 bits per heavy atom. The Morgan fingerprint density at radius 3 is 2.40 bits per heavy atom. The van der Waals surface area contributed by atoms with Crippen molar-refractivity contribution in [2.75, 3.05) is 26.2 Å². The summed E-state index contributed by atoms with van der Waals surface area (Å²) in [7, 11) is 0. The first-order valence-corrected chi connectivity index (χ1v) is 8.85. The SMILES string of the molecule is CC(=O)N1CC(O)CC2(CCN(Cc3ccc(C(=O)O)cc3)CC2)C1. The highest BCUT2D eigenvalue weighted by Crippen LogP contribution is 2.40. The van der Waals surface area contributed by atoms with E-state index >= 15 is 0 Å². The summed E-state index contributed by atoms with van der Waals surface area (Å²) >= 11 is 0. The van der Waals surface area contributed by atoms with E-state index in [0.717, 1.165) is 51.0 Å². The molecule has 1 aromatic carbocycles. The summed E-state index contributed by atoms with van der Waals surface area (Å²) in [6.07, 6.45) is 2.30. The summed E-state index contributed by atoms with van der Waals surface area (Å²) in [5, 5.41) is 19.1. The van der Waals surface area contributed by atoms with Crippen molar-refractivity contribution < 1.29 is 19.8 Å². The summed E-state index contributed by atoms with van der Waals surface area (Å²) in [5.41, 5.74) is 1.45. The van der Waals surface area contributed by atoms with Crippen LogP contribution in [0, 0.1) is 5.41 Å². The number of aromatic carboxylic acids is 1. The third kappa shape index (κ3) is 4.19. The fraction of sp³-hybridized carbons (Fsp3) is 0.579. The van der Waals surface area contributed by atoms with Gasteiger partial charge in [-0.1, -0.05) is 12.1 Å². The third-order valence-corrected chi connectivity index (χ3v) is 5.60. The molecule has 1 spiro atoms. The minimum absolute atomic E-state index is 0.0347. The van der Waals surface area contributed by atoms with Gasteiger partial charge in [-0.15, -0.1) is 0 Å².